The second-order valence-corrected chi connectivity index (χ2v) is 8.97. The molecule has 0 bridgehead atoms. The number of hydrogen-bond acceptors (Lipinski definition) is 5. The van der Waals surface area contributed by atoms with E-state index >= 15 is 0 Å². The Balaban J connectivity index is 1.23. The molecule has 2 N–H and O–H groups in total. The maximum Gasteiger partial charge on any atom is 0.258 e. The monoisotopic (exact) mass is 447 g/mol. The van der Waals surface area contributed by atoms with Crippen LogP contribution in [0.15, 0.2) is 59.4 Å². The average Bonchev–Trinajstić information content (AvgIpc) is 2.84. The number of carbonyl (C=O) groups excluding carboxylic acids is 1. The van der Waals surface area contributed by atoms with Gasteiger partial charge in [0.2, 0.25) is 5.91 Å². The van der Waals surface area contributed by atoms with Crippen LogP contribution in [0.5, 0.6) is 0 Å². The molecule has 1 fully saturated rings. The SMILES string of the molecule is CC(c1nc2ccccc2c(=O)[nH]1)N1CCC(C(=O)NCCN(C)Cc2ccccc2)CC1. The van der Waals surface area contributed by atoms with E-state index in [1.54, 1.807) is 6.07 Å². The maximum atomic E-state index is 12.7. The van der Waals surface area contributed by atoms with Crippen LogP contribution < -0.4 is 10.9 Å². The van der Waals surface area contributed by atoms with Crippen LogP contribution in [-0.4, -0.2) is 58.9 Å². The highest BCUT2D eigenvalue weighted by Gasteiger charge is 2.28. The molecule has 7 nitrogen and oxygen atoms in total. The minimum Gasteiger partial charge on any atom is -0.355 e. The Hall–Kier alpha value is -3.03. The molecule has 1 aliphatic rings. The molecule has 174 valence electrons. The Labute approximate surface area is 194 Å². The van der Waals surface area contributed by atoms with E-state index in [0.717, 1.165) is 44.5 Å². The maximum absolute atomic E-state index is 12.7. The van der Waals surface area contributed by atoms with E-state index < -0.39 is 0 Å². The summed E-state index contributed by atoms with van der Waals surface area (Å²) in [5.41, 5.74) is 1.89. The third-order valence-electron chi connectivity index (χ3n) is 6.56. The number of nitrogens with zero attached hydrogens (tertiary/aromatic N) is 3. The van der Waals surface area contributed by atoms with Crippen LogP contribution >= 0.6 is 0 Å². The number of H-pyrrole nitrogens is 1. The molecule has 1 saturated heterocycles. The van der Waals surface area contributed by atoms with Gasteiger partial charge < -0.3 is 15.2 Å². The zero-order valence-electron chi connectivity index (χ0n) is 19.5. The van der Waals surface area contributed by atoms with E-state index in [1.165, 1.54) is 5.56 Å². The zero-order chi connectivity index (χ0) is 23.2. The summed E-state index contributed by atoms with van der Waals surface area (Å²) < 4.78 is 0. The molecular formula is C26H33N5O2. The molecule has 1 atom stereocenters. The van der Waals surface area contributed by atoms with Gasteiger partial charge in [-0.2, -0.15) is 0 Å². The average molecular weight is 448 g/mol. The highest BCUT2D eigenvalue weighted by Crippen LogP contribution is 2.25. The molecule has 33 heavy (non-hydrogen) atoms. The van der Waals surface area contributed by atoms with Gasteiger partial charge in [-0.1, -0.05) is 42.5 Å². The summed E-state index contributed by atoms with van der Waals surface area (Å²) in [7, 11) is 2.07. The lowest BCUT2D eigenvalue weighted by molar-refractivity contribution is -0.126. The van der Waals surface area contributed by atoms with Gasteiger partial charge in [0.05, 0.1) is 16.9 Å². The van der Waals surface area contributed by atoms with Crippen molar-refractivity contribution in [3.63, 3.8) is 0 Å². The molecule has 1 aliphatic heterocycles. The summed E-state index contributed by atoms with van der Waals surface area (Å²) in [6, 6.07) is 17.8. The van der Waals surface area contributed by atoms with Crippen molar-refractivity contribution < 1.29 is 4.79 Å². The lowest BCUT2D eigenvalue weighted by Crippen LogP contribution is -2.43. The number of nitrogens with one attached hydrogen (secondary N) is 2. The van der Waals surface area contributed by atoms with Gasteiger partial charge >= 0.3 is 0 Å². The van der Waals surface area contributed by atoms with Crippen LogP contribution in [0.1, 0.15) is 37.2 Å². The molecule has 1 unspecified atom stereocenters. The van der Waals surface area contributed by atoms with Crippen LogP contribution in [0.2, 0.25) is 0 Å². The lowest BCUT2D eigenvalue weighted by atomic mass is 9.95. The van der Waals surface area contributed by atoms with Gasteiger partial charge in [-0.25, -0.2) is 4.98 Å². The predicted octanol–water partition coefficient (Wildman–Crippen LogP) is 2.94. The third kappa shape index (κ3) is 5.86. The Bertz CT molecular complexity index is 1120. The quantitative estimate of drug-likeness (QED) is 0.555. The fraction of sp³-hybridized carbons (Fsp3) is 0.423. The molecule has 0 saturated carbocycles. The van der Waals surface area contributed by atoms with Crippen LogP contribution in [0, 0.1) is 5.92 Å². The molecule has 1 amide bonds. The van der Waals surface area contributed by atoms with Crippen LogP contribution in [0.3, 0.4) is 0 Å². The van der Waals surface area contributed by atoms with Gasteiger partial charge in [0.15, 0.2) is 0 Å². The molecule has 0 spiro atoms. The van der Waals surface area contributed by atoms with Gasteiger partial charge in [0.1, 0.15) is 5.82 Å². The van der Waals surface area contributed by atoms with Gasteiger partial charge in [0.25, 0.3) is 5.56 Å². The number of likely N-dealkylation sites (N-methyl/N-ethyl adjacent to an activating group) is 1. The normalized spacial score (nSPS) is 16.2. The van der Waals surface area contributed by atoms with Crippen molar-refractivity contribution in [3.8, 4) is 0 Å². The number of hydrogen-bond donors (Lipinski definition) is 2. The number of amides is 1. The molecule has 3 aromatic rings. The fourth-order valence-corrected chi connectivity index (χ4v) is 4.51. The predicted molar refractivity (Wildman–Crippen MR) is 131 cm³/mol. The number of para-hydroxylation sites is 1. The minimum atomic E-state index is -0.103. The summed E-state index contributed by atoms with van der Waals surface area (Å²) in [6.07, 6.45) is 1.63. The van der Waals surface area contributed by atoms with E-state index in [9.17, 15) is 9.59 Å². The van der Waals surface area contributed by atoms with Gasteiger partial charge in [0, 0.05) is 25.6 Å². The Morgan fingerprint density at radius 3 is 2.61 bits per heavy atom. The topological polar surface area (TPSA) is 81.3 Å². The molecule has 0 aliphatic carbocycles. The standard InChI is InChI=1S/C26H33N5O2/c1-19(24-28-23-11-7-6-10-22(23)26(33)29-24)31-15-12-21(13-16-31)25(32)27-14-17-30(2)18-20-8-4-3-5-9-20/h3-11,19,21H,12-18H2,1-2H3,(H,27,32)(H,28,29,33). The number of aromatic nitrogens is 2. The van der Waals surface area contributed by atoms with E-state index in [-0.39, 0.29) is 23.4 Å². The number of benzene rings is 2. The second kappa shape index (κ2) is 10.7. The summed E-state index contributed by atoms with van der Waals surface area (Å²) >= 11 is 0. The second-order valence-electron chi connectivity index (χ2n) is 8.97. The first-order chi connectivity index (χ1) is 16.0. The fourth-order valence-electron chi connectivity index (χ4n) is 4.51. The van der Waals surface area contributed by atoms with Crippen LogP contribution in [0.4, 0.5) is 0 Å². The van der Waals surface area contributed by atoms with Gasteiger partial charge in [-0.3, -0.25) is 14.5 Å². The zero-order valence-corrected chi connectivity index (χ0v) is 19.5. The first-order valence-corrected chi connectivity index (χ1v) is 11.7. The van der Waals surface area contributed by atoms with E-state index in [2.05, 4.69) is 51.2 Å². The molecule has 7 heteroatoms. The summed E-state index contributed by atoms with van der Waals surface area (Å²) in [5, 5.41) is 3.72. The van der Waals surface area contributed by atoms with E-state index in [1.807, 2.05) is 36.4 Å². The van der Waals surface area contributed by atoms with Crippen molar-refractivity contribution in [2.45, 2.75) is 32.4 Å². The first kappa shape index (κ1) is 23.1. The summed E-state index contributed by atoms with van der Waals surface area (Å²) in [4.78, 5) is 37.2. The highest BCUT2D eigenvalue weighted by atomic mass is 16.2. The Morgan fingerprint density at radius 1 is 1.15 bits per heavy atom. The summed E-state index contributed by atoms with van der Waals surface area (Å²) in [6.45, 7) is 6.03. The molecular weight excluding hydrogens is 414 g/mol. The molecule has 4 rings (SSSR count). The van der Waals surface area contributed by atoms with E-state index in [0.29, 0.717) is 17.8 Å². The molecule has 2 heterocycles. The minimum absolute atomic E-state index is 0.00189. The summed E-state index contributed by atoms with van der Waals surface area (Å²) in [5.74, 6) is 0.868. The molecule has 0 radical (unpaired) electrons. The number of aromatic amines is 1. The van der Waals surface area contributed by atoms with Crippen LogP contribution in [-0.2, 0) is 11.3 Å². The van der Waals surface area contributed by atoms with Crippen molar-refractivity contribution in [1.29, 1.82) is 0 Å². The van der Waals surface area contributed by atoms with Crippen molar-refractivity contribution in [1.82, 2.24) is 25.1 Å². The largest absolute Gasteiger partial charge is 0.355 e. The Kier molecular flexibility index (Phi) is 7.52. The number of piperidine rings is 1. The van der Waals surface area contributed by atoms with Crippen molar-refractivity contribution in [3.05, 3.63) is 76.3 Å². The number of rotatable bonds is 8. The Morgan fingerprint density at radius 2 is 1.85 bits per heavy atom. The van der Waals surface area contributed by atoms with Gasteiger partial charge in [-0.15, -0.1) is 0 Å². The third-order valence-corrected chi connectivity index (χ3v) is 6.56. The van der Waals surface area contributed by atoms with E-state index in [4.69, 9.17) is 0 Å². The van der Waals surface area contributed by atoms with Crippen molar-refractivity contribution >= 4 is 16.8 Å². The molecule has 1 aromatic heterocycles. The van der Waals surface area contributed by atoms with Crippen molar-refractivity contribution in [2.75, 3.05) is 33.2 Å². The lowest BCUT2D eigenvalue weighted by Gasteiger charge is -2.35. The van der Waals surface area contributed by atoms with Crippen molar-refractivity contribution in [2.24, 2.45) is 5.92 Å². The van der Waals surface area contributed by atoms with Gasteiger partial charge in [-0.05, 0) is 57.6 Å². The van der Waals surface area contributed by atoms with Crippen LogP contribution in [0.25, 0.3) is 10.9 Å². The number of likely N-dealkylation sites (tertiary alicyclic amines) is 1. The smallest absolute Gasteiger partial charge is 0.258 e. The number of fused-ring (bicyclic) bond motifs is 1. The first-order valence-electron chi connectivity index (χ1n) is 11.7. The molecule has 2 aromatic carbocycles. The highest BCUT2D eigenvalue weighted by molar-refractivity contribution is 5.78. The number of carbonyl (C=O) groups is 1.